The number of amides is 1. The second-order valence-electron chi connectivity index (χ2n) is 5.48. The Morgan fingerprint density at radius 2 is 1.90 bits per heavy atom. The molecule has 1 saturated carbocycles. The minimum absolute atomic E-state index is 0.00751. The Balaban J connectivity index is 1.67. The summed E-state index contributed by atoms with van der Waals surface area (Å²) in [6.45, 7) is 0.560. The van der Waals surface area contributed by atoms with Crippen LogP contribution in [0.3, 0.4) is 0 Å². The molecule has 1 fully saturated rings. The standard InChI is InChI=1S/C17H15ClFNO/c18-14-6-4-13(5-7-14)17(8-9-17)11-20-16(21)12-2-1-3-15(19)10-12/h1-7,10H,8-9,11H2,(H,20,21). The molecule has 0 aliphatic heterocycles. The molecule has 108 valence electrons. The van der Waals surface area contributed by atoms with Crippen molar-refractivity contribution in [1.82, 2.24) is 5.32 Å². The van der Waals surface area contributed by atoms with E-state index in [2.05, 4.69) is 5.32 Å². The first-order chi connectivity index (χ1) is 10.1. The Morgan fingerprint density at radius 1 is 1.19 bits per heavy atom. The SMILES string of the molecule is O=C(NCC1(c2ccc(Cl)cc2)CC1)c1cccc(F)c1. The molecule has 0 radical (unpaired) electrons. The van der Waals surface area contributed by atoms with Crippen molar-refractivity contribution in [3.8, 4) is 0 Å². The van der Waals surface area contributed by atoms with Gasteiger partial charge in [-0.25, -0.2) is 4.39 Å². The predicted octanol–water partition coefficient (Wildman–Crippen LogP) is 3.94. The number of carbonyl (C=O) groups excluding carboxylic acids is 1. The maximum absolute atomic E-state index is 13.1. The highest BCUT2D eigenvalue weighted by molar-refractivity contribution is 6.30. The van der Waals surface area contributed by atoms with Gasteiger partial charge < -0.3 is 5.32 Å². The number of benzene rings is 2. The summed E-state index contributed by atoms with van der Waals surface area (Å²) in [7, 11) is 0. The van der Waals surface area contributed by atoms with Crippen LogP contribution < -0.4 is 5.32 Å². The molecule has 2 nitrogen and oxygen atoms in total. The molecule has 0 unspecified atom stereocenters. The third-order valence-corrected chi connectivity index (χ3v) is 4.24. The minimum atomic E-state index is -0.401. The molecule has 0 spiro atoms. The van der Waals surface area contributed by atoms with Crippen LogP contribution in [0.15, 0.2) is 48.5 Å². The Labute approximate surface area is 127 Å². The summed E-state index contributed by atoms with van der Waals surface area (Å²) < 4.78 is 13.1. The van der Waals surface area contributed by atoms with Gasteiger partial charge in [-0.05, 0) is 48.7 Å². The third kappa shape index (κ3) is 3.08. The van der Waals surface area contributed by atoms with Crippen LogP contribution in [0.4, 0.5) is 4.39 Å². The fourth-order valence-corrected chi connectivity index (χ4v) is 2.63. The van der Waals surface area contributed by atoms with E-state index in [9.17, 15) is 9.18 Å². The lowest BCUT2D eigenvalue weighted by molar-refractivity contribution is 0.0949. The van der Waals surface area contributed by atoms with Gasteiger partial charge in [-0.2, -0.15) is 0 Å². The van der Waals surface area contributed by atoms with Crippen molar-refractivity contribution in [1.29, 1.82) is 0 Å². The number of halogens is 2. The Bertz CT molecular complexity index is 665. The fraction of sp³-hybridized carbons (Fsp3) is 0.235. The van der Waals surface area contributed by atoms with Crippen molar-refractivity contribution in [2.45, 2.75) is 18.3 Å². The molecular formula is C17H15ClFNO. The van der Waals surface area contributed by atoms with Crippen LogP contribution in [0.2, 0.25) is 5.02 Å². The summed E-state index contributed by atoms with van der Waals surface area (Å²) >= 11 is 5.90. The zero-order valence-corrected chi connectivity index (χ0v) is 12.2. The number of hydrogen-bond donors (Lipinski definition) is 1. The second-order valence-corrected chi connectivity index (χ2v) is 5.92. The van der Waals surface area contributed by atoms with E-state index in [1.807, 2.05) is 24.3 Å². The number of nitrogens with one attached hydrogen (secondary N) is 1. The summed E-state index contributed by atoms with van der Waals surface area (Å²) in [6.07, 6.45) is 2.08. The normalized spacial score (nSPS) is 15.5. The van der Waals surface area contributed by atoms with E-state index in [0.29, 0.717) is 17.1 Å². The van der Waals surface area contributed by atoms with Crippen molar-refractivity contribution < 1.29 is 9.18 Å². The van der Waals surface area contributed by atoms with Crippen molar-refractivity contribution in [2.75, 3.05) is 6.54 Å². The molecule has 21 heavy (non-hydrogen) atoms. The van der Waals surface area contributed by atoms with Crippen molar-refractivity contribution >= 4 is 17.5 Å². The number of hydrogen-bond acceptors (Lipinski definition) is 1. The average Bonchev–Trinajstić information content (AvgIpc) is 3.27. The van der Waals surface area contributed by atoms with Gasteiger partial charge in [-0.15, -0.1) is 0 Å². The van der Waals surface area contributed by atoms with Crippen LogP contribution in [0.25, 0.3) is 0 Å². The van der Waals surface area contributed by atoms with Gasteiger partial charge in [0.25, 0.3) is 5.91 Å². The number of rotatable bonds is 4. The zero-order valence-electron chi connectivity index (χ0n) is 11.4. The summed E-state index contributed by atoms with van der Waals surface area (Å²) in [6, 6.07) is 13.5. The Hall–Kier alpha value is -1.87. The molecule has 3 rings (SSSR count). The summed E-state index contributed by atoms with van der Waals surface area (Å²) in [5, 5.41) is 3.61. The minimum Gasteiger partial charge on any atom is -0.351 e. The maximum Gasteiger partial charge on any atom is 0.251 e. The van der Waals surface area contributed by atoms with Crippen molar-refractivity contribution in [3.63, 3.8) is 0 Å². The zero-order chi connectivity index (χ0) is 14.9. The van der Waals surface area contributed by atoms with E-state index in [4.69, 9.17) is 11.6 Å². The van der Waals surface area contributed by atoms with E-state index in [0.717, 1.165) is 12.8 Å². The van der Waals surface area contributed by atoms with E-state index in [1.54, 1.807) is 6.07 Å². The first kappa shape index (κ1) is 14.1. The molecule has 0 bridgehead atoms. The summed E-state index contributed by atoms with van der Waals surface area (Å²) in [5.41, 5.74) is 1.54. The van der Waals surface area contributed by atoms with Crippen LogP contribution in [0.5, 0.6) is 0 Å². The predicted molar refractivity (Wildman–Crippen MR) is 81.1 cm³/mol. The van der Waals surface area contributed by atoms with Gasteiger partial charge in [-0.3, -0.25) is 4.79 Å². The van der Waals surface area contributed by atoms with Gasteiger partial charge in [0.1, 0.15) is 5.82 Å². The summed E-state index contributed by atoms with van der Waals surface area (Å²) in [5.74, 6) is -0.642. The van der Waals surface area contributed by atoms with E-state index in [1.165, 1.54) is 23.8 Å². The molecule has 1 aliphatic rings. The van der Waals surface area contributed by atoms with Gasteiger partial charge in [0.05, 0.1) is 0 Å². The van der Waals surface area contributed by atoms with Gasteiger partial charge in [-0.1, -0.05) is 29.8 Å². The summed E-state index contributed by atoms with van der Waals surface area (Å²) in [4.78, 5) is 12.1. The molecule has 0 atom stereocenters. The Morgan fingerprint density at radius 3 is 2.52 bits per heavy atom. The smallest absolute Gasteiger partial charge is 0.251 e. The topological polar surface area (TPSA) is 29.1 Å². The highest BCUT2D eigenvalue weighted by atomic mass is 35.5. The van der Waals surface area contributed by atoms with Crippen molar-refractivity contribution in [2.24, 2.45) is 0 Å². The van der Waals surface area contributed by atoms with E-state index in [-0.39, 0.29) is 11.3 Å². The highest BCUT2D eigenvalue weighted by Gasteiger charge is 2.44. The molecule has 1 N–H and O–H groups in total. The lowest BCUT2D eigenvalue weighted by Gasteiger charge is -2.16. The van der Waals surface area contributed by atoms with Crippen LogP contribution >= 0.6 is 11.6 Å². The van der Waals surface area contributed by atoms with Crippen LogP contribution in [0.1, 0.15) is 28.8 Å². The van der Waals surface area contributed by atoms with Gasteiger partial charge in [0, 0.05) is 22.5 Å². The van der Waals surface area contributed by atoms with E-state index < -0.39 is 5.82 Å². The highest BCUT2D eigenvalue weighted by Crippen LogP contribution is 2.47. The molecule has 0 saturated heterocycles. The second kappa shape index (κ2) is 5.49. The van der Waals surface area contributed by atoms with Gasteiger partial charge in [0.2, 0.25) is 0 Å². The van der Waals surface area contributed by atoms with Crippen LogP contribution in [-0.2, 0) is 5.41 Å². The van der Waals surface area contributed by atoms with Gasteiger partial charge >= 0.3 is 0 Å². The Kier molecular flexibility index (Phi) is 3.68. The van der Waals surface area contributed by atoms with Gasteiger partial charge in [0.15, 0.2) is 0 Å². The lowest BCUT2D eigenvalue weighted by Crippen LogP contribution is -2.32. The molecule has 4 heteroatoms. The molecule has 2 aromatic carbocycles. The van der Waals surface area contributed by atoms with Crippen LogP contribution in [0, 0.1) is 5.82 Å². The van der Waals surface area contributed by atoms with Crippen LogP contribution in [-0.4, -0.2) is 12.5 Å². The molecule has 2 aromatic rings. The quantitative estimate of drug-likeness (QED) is 0.910. The molecular weight excluding hydrogens is 289 g/mol. The average molecular weight is 304 g/mol. The maximum atomic E-state index is 13.1. The fourth-order valence-electron chi connectivity index (χ4n) is 2.50. The largest absolute Gasteiger partial charge is 0.351 e. The molecule has 0 aromatic heterocycles. The number of carbonyl (C=O) groups is 1. The van der Waals surface area contributed by atoms with E-state index >= 15 is 0 Å². The lowest BCUT2D eigenvalue weighted by atomic mass is 9.96. The first-order valence-electron chi connectivity index (χ1n) is 6.89. The third-order valence-electron chi connectivity index (χ3n) is 3.98. The molecule has 1 aliphatic carbocycles. The monoisotopic (exact) mass is 303 g/mol. The first-order valence-corrected chi connectivity index (χ1v) is 7.27. The van der Waals surface area contributed by atoms with Crippen molar-refractivity contribution in [3.05, 3.63) is 70.5 Å². The molecule has 0 heterocycles. The molecule has 1 amide bonds.